The van der Waals surface area contributed by atoms with Crippen molar-refractivity contribution in [2.75, 3.05) is 13.2 Å². The number of rotatable bonds is 6. The predicted molar refractivity (Wildman–Crippen MR) is 129 cm³/mol. The Kier molecular flexibility index (Phi) is 5.32. The molecule has 0 saturated heterocycles. The molecule has 0 saturated carbocycles. The van der Waals surface area contributed by atoms with Gasteiger partial charge in [-0.15, -0.1) is 0 Å². The second kappa shape index (κ2) is 8.76. The molecule has 6 rings (SSSR count). The molecule has 170 valence electrons. The van der Waals surface area contributed by atoms with Gasteiger partial charge in [0.2, 0.25) is 0 Å². The van der Waals surface area contributed by atoms with Crippen molar-refractivity contribution in [2.24, 2.45) is 0 Å². The van der Waals surface area contributed by atoms with Crippen LogP contribution in [0.15, 0.2) is 96.5 Å². The van der Waals surface area contributed by atoms with Crippen LogP contribution in [0.1, 0.15) is 12.8 Å². The van der Waals surface area contributed by atoms with Gasteiger partial charge in [0.25, 0.3) is 11.9 Å². The minimum atomic E-state index is -0.872. The van der Waals surface area contributed by atoms with E-state index in [0.29, 0.717) is 11.9 Å². The van der Waals surface area contributed by atoms with Crippen LogP contribution in [0.3, 0.4) is 0 Å². The van der Waals surface area contributed by atoms with Gasteiger partial charge in [-0.25, -0.2) is 0 Å². The smallest absolute Gasteiger partial charge is 0.293 e. The second-order valence-electron chi connectivity index (χ2n) is 8.43. The summed E-state index contributed by atoms with van der Waals surface area (Å²) in [6.07, 6.45) is 12.8. The van der Waals surface area contributed by atoms with Crippen LogP contribution < -0.4 is 20.9 Å². The van der Waals surface area contributed by atoms with Crippen LogP contribution in [0, 0.1) is 0 Å². The summed E-state index contributed by atoms with van der Waals surface area (Å²) in [5.74, 6) is 2.36. The first-order chi connectivity index (χ1) is 16.8. The van der Waals surface area contributed by atoms with E-state index >= 15 is 0 Å². The van der Waals surface area contributed by atoms with Gasteiger partial charge in [-0.2, -0.15) is 0 Å². The lowest BCUT2D eigenvalue weighted by molar-refractivity contribution is 0.0107. The molecule has 0 atom stereocenters. The SMILES string of the molecule is OC(COC1=c2ccccc2=C2CC=CC=C2O1)COC1=c2ccccc2=C2CC=CC=C2O1. The Morgan fingerprint density at radius 2 is 1.12 bits per heavy atom. The summed E-state index contributed by atoms with van der Waals surface area (Å²) < 4.78 is 23.9. The summed E-state index contributed by atoms with van der Waals surface area (Å²) >= 11 is 0. The zero-order chi connectivity index (χ0) is 22.9. The van der Waals surface area contributed by atoms with Crippen molar-refractivity contribution < 1.29 is 24.1 Å². The van der Waals surface area contributed by atoms with E-state index in [1.807, 2.05) is 60.7 Å². The third-order valence-corrected chi connectivity index (χ3v) is 6.17. The van der Waals surface area contributed by atoms with Crippen molar-refractivity contribution in [2.45, 2.75) is 18.9 Å². The minimum absolute atomic E-state index is 0.0276. The highest BCUT2D eigenvalue weighted by atomic mass is 16.7. The Labute approximate surface area is 196 Å². The molecule has 2 aliphatic carbocycles. The lowest BCUT2D eigenvalue weighted by Crippen LogP contribution is -2.37. The van der Waals surface area contributed by atoms with E-state index < -0.39 is 6.10 Å². The van der Waals surface area contributed by atoms with Gasteiger partial charge in [-0.3, -0.25) is 0 Å². The third kappa shape index (κ3) is 3.74. The predicted octanol–water partition coefficient (Wildman–Crippen LogP) is 1.96. The highest BCUT2D eigenvalue weighted by molar-refractivity contribution is 5.70. The molecule has 0 unspecified atom stereocenters. The maximum atomic E-state index is 10.6. The van der Waals surface area contributed by atoms with E-state index in [1.54, 1.807) is 0 Å². The van der Waals surface area contributed by atoms with Crippen molar-refractivity contribution in [1.82, 2.24) is 0 Å². The largest absolute Gasteiger partial charge is 0.462 e. The van der Waals surface area contributed by atoms with Gasteiger partial charge in [-0.05, 0) is 47.6 Å². The fourth-order valence-corrected chi connectivity index (χ4v) is 4.53. The summed E-state index contributed by atoms with van der Waals surface area (Å²) in [7, 11) is 0. The monoisotopic (exact) mass is 452 g/mol. The number of ether oxygens (including phenoxy) is 4. The fraction of sp³-hybridized carbons (Fsp3) is 0.172. The molecule has 5 nitrogen and oxygen atoms in total. The van der Waals surface area contributed by atoms with Crippen LogP contribution in [-0.2, 0) is 18.9 Å². The van der Waals surface area contributed by atoms with E-state index in [9.17, 15) is 5.11 Å². The van der Waals surface area contributed by atoms with Crippen LogP contribution in [0.5, 0.6) is 0 Å². The van der Waals surface area contributed by atoms with Gasteiger partial charge >= 0.3 is 0 Å². The van der Waals surface area contributed by atoms with Gasteiger partial charge in [0.05, 0.1) is 10.4 Å². The first-order valence-corrected chi connectivity index (χ1v) is 11.5. The molecule has 2 heterocycles. The molecule has 2 aromatic carbocycles. The van der Waals surface area contributed by atoms with E-state index in [0.717, 1.165) is 56.4 Å². The summed E-state index contributed by atoms with van der Waals surface area (Å²) in [6.45, 7) is 0.0553. The number of aliphatic hydroxyl groups is 1. The molecular formula is C29H24O5. The summed E-state index contributed by atoms with van der Waals surface area (Å²) in [6, 6.07) is 16.0. The zero-order valence-corrected chi connectivity index (χ0v) is 18.6. The molecule has 2 aromatic rings. The van der Waals surface area contributed by atoms with Crippen LogP contribution in [0.25, 0.3) is 23.0 Å². The molecule has 0 fully saturated rings. The number of aliphatic hydroxyl groups excluding tert-OH is 1. The van der Waals surface area contributed by atoms with Crippen molar-refractivity contribution in [1.29, 1.82) is 0 Å². The molecular weight excluding hydrogens is 428 g/mol. The standard InChI is InChI=1S/C29H24O5/c30-19(17-31-28-24-13-3-1-9-20(24)22-11-5-7-15-26(22)33-28)18-32-29-25-14-4-2-10-21(25)23-12-6-8-16-27(23)34-29/h1-10,13-16,19,30H,11-12,17-18H2. The molecule has 0 radical (unpaired) electrons. The normalized spacial score (nSPS) is 17.6. The Hall–Kier alpha value is -3.96. The molecule has 0 amide bonds. The van der Waals surface area contributed by atoms with Crippen molar-refractivity contribution in [3.05, 3.63) is 117 Å². The zero-order valence-electron chi connectivity index (χ0n) is 18.6. The van der Waals surface area contributed by atoms with Crippen molar-refractivity contribution in [3.63, 3.8) is 0 Å². The van der Waals surface area contributed by atoms with Gasteiger partial charge in [0, 0.05) is 11.1 Å². The molecule has 5 heteroatoms. The average molecular weight is 453 g/mol. The average Bonchev–Trinajstić information content (AvgIpc) is 2.90. The topological polar surface area (TPSA) is 57.2 Å². The first kappa shape index (κ1) is 20.6. The quantitative estimate of drug-likeness (QED) is 0.726. The summed E-state index contributed by atoms with van der Waals surface area (Å²) in [5.41, 5.74) is 2.28. The van der Waals surface area contributed by atoms with E-state index in [2.05, 4.69) is 24.3 Å². The van der Waals surface area contributed by atoms with Crippen LogP contribution >= 0.6 is 0 Å². The highest BCUT2D eigenvalue weighted by Gasteiger charge is 2.22. The Bertz CT molecular complexity index is 1410. The Morgan fingerprint density at radius 1 is 0.676 bits per heavy atom. The number of fused-ring (bicyclic) bond motifs is 4. The number of hydrogen-bond donors (Lipinski definition) is 1. The van der Waals surface area contributed by atoms with Gasteiger partial charge in [-0.1, -0.05) is 60.7 Å². The summed E-state index contributed by atoms with van der Waals surface area (Å²) in [4.78, 5) is 0. The molecule has 4 aliphatic rings. The highest BCUT2D eigenvalue weighted by Crippen LogP contribution is 2.27. The lowest BCUT2D eigenvalue weighted by Gasteiger charge is -2.24. The molecule has 0 aromatic heterocycles. The van der Waals surface area contributed by atoms with Gasteiger partial charge in [0.1, 0.15) is 30.8 Å². The number of hydrogen-bond acceptors (Lipinski definition) is 5. The van der Waals surface area contributed by atoms with Gasteiger partial charge in [0.15, 0.2) is 0 Å². The fourth-order valence-electron chi connectivity index (χ4n) is 4.53. The van der Waals surface area contributed by atoms with Crippen LogP contribution in [0.2, 0.25) is 0 Å². The Balaban J connectivity index is 1.20. The summed E-state index contributed by atoms with van der Waals surface area (Å²) in [5, 5.41) is 14.6. The Morgan fingerprint density at radius 3 is 1.59 bits per heavy atom. The van der Waals surface area contributed by atoms with Crippen LogP contribution in [0.4, 0.5) is 0 Å². The van der Waals surface area contributed by atoms with E-state index in [4.69, 9.17) is 18.9 Å². The first-order valence-electron chi connectivity index (χ1n) is 11.5. The maximum absolute atomic E-state index is 10.6. The minimum Gasteiger partial charge on any atom is -0.462 e. The third-order valence-electron chi connectivity index (χ3n) is 6.17. The molecule has 2 aliphatic heterocycles. The van der Waals surface area contributed by atoms with Crippen molar-refractivity contribution >= 4 is 23.0 Å². The van der Waals surface area contributed by atoms with Gasteiger partial charge < -0.3 is 24.1 Å². The molecule has 1 N–H and O–H groups in total. The second-order valence-corrected chi connectivity index (χ2v) is 8.43. The molecule has 0 spiro atoms. The van der Waals surface area contributed by atoms with Crippen molar-refractivity contribution in [3.8, 4) is 0 Å². The van der Waals surface area contributed by atoms with Crippen LogP contribution in [-0.4, -0.2) is 24.4 Å². The number of benzene rings is 2. The number of allylic oxidation sites excluding steroid dienone is 8. The van der Waals surface area contributed by atoms with E-state index in [-0.39, 0.29) is 13.2 Å². The lowest BCUT2D eigenvalue weighted by atomic mass is 10.00. The molecule has 34 heavy (non-hydrogen) atoms. The van der Waals surface area contributed by atoms with E-state index in [1.165, 1.54) is 0 Å². The maximum Gasteiger partial charge on any atom is 0.293 e. The molecule has 0 bridgehead atoms.